The van der Waals surface area contributed by atoms with Gasteiger partial charge in [-0.1, -0.05) is 24.3 Å². The number of aryl methyl sites for hydroxylation is 1. The lowest BCUT2D eigenvalue weighted by Crippen LogP contribution is -2.43. The molecule has 0 bridgehead atoms. The van der Waals surface area contributed by atoms with Gasteiger partial charge < -0.3 is 5.73 Å². The minimum Gasteiger partial charge on any atom is -0.326 e. The van der Waals surface area contributed by atoms with E-state index in [9.17, 15) is 0 Å². The van der Waals surface area contributed by atoms with Crippen LogP contribution >= 0.6 is 0 Å². The van der Waals surface area contributed by atoms with Crippen LogP contribution in [0.25, 0.3) is 0 Å². The van der Waals surface area contributed by atoms with Gasteiger partial charge in [0.15, 0.2) is 0 Å². The van der Waals surface area contributed by atoms with E-state index in [0.717, 1.165) is 13.0 Å². The lowest BCUT2D eigenvalue weighted by Gasteiger charge is -2.38. The van der Waals surface area contributed by atoms with Crippen LogP contribution in [0.2, 0.25) is 0 Å². The molecule has 1 saturated heterocycles. The topological polar surface area (TPSA) is 29.3 Å². The molecule has 0 aromatic heterocycles. The molecule has 1 aliphatic rings. The highest BCUT2D eigenvalue weighted by molar-refractivity contribution is 5.31. The Bertz CT molecular complexity index is 392. The van der Waals surface area contributed by atoms with Crippen LogP contribution in [-0.2, 0) is 0 Å². The van der Waals surface area contributed by atoms with Crippen molar-refractivity contribution < 1.29 is 0 Å². The Kier molecular flexibility index (Phi) is 3.28. The Morgan fingerprint density at radius 1 is 1.24 bits per heavy atom. The zero-order chi connectivity index (χ0) is 12.6. The van der Waals surface area contributed by atoms with E-state index in [4.69, 9.17) is 5.73 Å². The third-order valence-electron chi connectivity index (χ3n) is 3.81. The summed E-state index contributed by atoms with van der Waals surface area (Å²) in [4.78, 5) is 2.54. The second kappa shape index (κ2) is 4.43. The second-order valence-electron chi connectivity index (χ2n) is 6.12. The maximum atomic E-state index is 6.33. The number of rotatable bonds is 1. The summed E-state index contributed by atoms with van der Waals surface area (Å²) in [6, 6.07) is 9.26. The van der Waals surface area contributed by atoms with Gasteiger partial charge >= 0.3 is 0 Å². The predicted molar refractivity (Wildman–Crippen MR) is 73.0 cm³/mol. The molecule has 17 heavy (non-hydrogen) atoms. The van der Waals surface area contributed by atoms with Crippen LogP contribution in [-0.4, -0.2) is 23.0 Å². The first-order chi connectivity index (χ1) is 7.91. The maximum absolute atomic E-state index is 6.33. The Balaban J connectivity index is 2.38. The van der Waals surface area contributed by atoms with Crippen molar-refractivity contribution >= 4 is 0 Å². The van der Waals surface area contributed by atoms with Crippen molar-refractivity contribution in [1.82, 2.24) is 4.90 Å². The molecule has 0 aliphatic carbocycles. The van der Waals surface area contributed by atoms with Gasteiger partial charge in [0.05, 0.1) is 6.04 Å². The number of benzene rings is 1. The number of hydrogen-bond acceptors (Lipinski definition) is 2. The molecule has 2 nitrogen and oxygen atoms in total. The molecular weight excluding hydrogens is 208 g/mol. The molecule has 2 rings (SSSR count). The molecule has 0 radical (unpaired) electrons. The van der Waals surface area contributed by atoms with Gasteiger partial charge in [-0.05, 0) is 45.2 Å². The first-order valence-electron chi connectivity index (χ1n) is 6.49. The van der Waals surface area contributed by atoms with E-state index in [0.29, 0.717) is 6.04 Å². The lowest BCUT2D eigenvalue weighted by atomic mass is 9.94. The maximum Gasteiger partial charge on any atom is 0.0507 e. The molecule has 2 unspecified atom stereocenters. The molecule has 94 valence electrons. The third kappa shape index (κ3) is 2.38. The molecule has 0 saturated carbocycles. The molecule has 2 N–H and O–H groups in total. The van der Waals surface area contributed by atoms with Crippen molar-refractivity contribution in [1.29, 1.82) is 0 Å². The number of likely N-dealkylation sites (tertiary alicyclic amines) is 1. The van der Waals surface area contributed by atoms with Crippen LogP contribution < -0.4 is 5.73 Å². The molecule has 1 aromatic rings. The molecule has 0 amide bonds. The molecule has 2 atom stereocenters. The van der Waals surface area contributed by atoms with Crippen molar-refractivity contribution in [3.8, 4) is 0 Å². The highest BCUT2D eigenvalue weighted by Crippen LogP contribution is 2.37. The van der Waals surface area contributed by atoms with Gasteiger partial charge in [0.25, 0.3) is 0 Å². The van der Waals surface area contributed by atoms with Gasteiger partial charge in [-0.3, -0.25) is 4.90 Å². The van der Waals surface area contributed by atoms with E-state index < -0.39 is 0 Å². The molecule has 1 heterocycles. The molecule has 2 heteroatoms. The number of nitrogens with zero attached hydrogens (tertiary/aromatic N) is 1. The van der Waals surface area contributed by atoms with Gasteiger partial charge in [0.1, 0.15) is 0 Å². The smallest absolute Gasteiger partial charge is 0.0507 e. The highest BCUT2D eigenvalue weighted by Gasteiger charge is 2.39. The van der Waals surface area contributed by atoms with E-state index >= 15 is 0 Å². The molecule has 1 fully saturated rings. The van der Waals surface area contributed by atoms with Crippen molar-refractivity contribution in [3.63, 3.8) is 0 Å². The Morgan fingerprint density at radius 3 is 2.47 bits per heavy atom. The van der Waals surface area contributed by atoms with Gasteiger partial charge in [-0.2, -0.15) is 0 Å². The van der Waals surface area contributed by atoms with Crippen molar-refractivity contribution in [3.05, 3.63) is 35.4 Å². The van der Waals surface area contributed by atoms with Gasteiger partial charge in [-0.25, -0.2) is 0 Å². The first-order valence-corrected chi connectivity index (χ1v) is 6.49. The fourth-order valence-corrected chi connectivity index (χ4v) is 2.89. The monoisotopic (exact) mass is 232 g/mol. The summed E-state index contributed by atoms with van der Waals surface area (Å²) in [7, 11) is 0. The third-order valence-corrected chi connectivity index (χ3v) is 3.81. The summed E-state index contributed by atoms with van der Waals surface area (Å²) in [6.07, 6.45) is 1.09. The first kappa shape index (κ1) is 12.6. The molecular formula is C15H24N2. The van der Waals surface area contributed by atoms with E-state index in [-0.39, 0.29) is 11.6 Å². The SMILES string of the molecule is Cc1ccccc1C1C(N)CCN1C(C)(C)C. The van der Waals surface area contributed by atoms with Crippen LogP contribution in [0.3, 0.4) is 0 Å². The highest BCUT2D eigenvalue weighted by atomic mass is 15.3. The summed E-state index contributed by atoms with van der Waals surface area (Å²) in [5, 5.41) is 0. The zero-order valence-electron chi connectivity index (χ0n) is 11.4. The van der Waals surface area contributed by atoms with Crippen molar-refractivity contribution in [2.45, 2.75) is 51.7 Å². The van der Waals surface area contributed by atoms with Crippen molar-refractivity contribution in [2.75, 3.05) is 6.54 Å². The van der Waals surface area contributed by atoms with Gasteiger partial charge in [0.2, 0.25) is 0 Å². The normalized spacial score (nSPS) is 26.4. The van der Waals surface area contributed by atoms with Crippen LogP contribution in [0, 0.1) is 6.92 Å². The number of hydrogen-bond donors (Lipinski definition) is 1. The minimum atomic E-state index is 0.182. The fourth-order valence-electron chi connectivity index (χ4n) is 2.89. The van der Waals surface area contributed by atoms with Crippen LogP contribution in [0.15, 0.2) is 24.3 Å². The zero-order valence-corrected chi connectivity index (χ0v) is 11.4. The lowest BCUT2D eigenvalue weighted by molar-refractivity contribution is 0.116. The van der Waals surface area contributed by atoms with E-state index in [1.165, 1.54) is 11.1 Å². The summed E-state index contributed by atoms with van der Waals surface area (Å²) in [5.41, 5.74) is 9.25. The summed E-state index contributed by atoms with van der Waals surface area (Å²) in [6.45, 7) is 10.1. The average molecular weight is 232 g/mol. The van der Waals surface area contributed by atoms with Gasteiger partial charge in [0, 0.05) is 18.1 Å². The summed E-state index contributed by atoms with van der Waals surface area (Å²) in [5.74, 6) is 0. The average Bonchev–Trinajstić information content (AvgIpc) is 2.60. The van der Waals surface area contributed by atoms with E-state index in [2.05, 4.69) is 56.9 Å². The van der Waals surface area contributed by atoms with Crippen LogP contribution in [0.4, 0.5) is 0 Å². The summed E-state index contributed by atoms with van der Waals surface area (Å²) < 4.78 is 0. The predicted octanol–water partition coefficient (Wildman–Crippen LogP) is 2.87. The number of nitrogens with two attached hydrogens (primary N) is 1. The molecule has 1 aromatic carbocycles. The molecule has 1 aliphatic heterocycles. The Labute approximate surface area is 105 Å². The Morgan fingerprint density at radius 2 is 1.88 bits per heavy atom. The van der Waals surface area contributed by atoms with Crippen molar-refractivity contribution in [2.24, 2.45) is 5.73 Å². The van der Waals surface area contributed by atoms with E-state index in [1.54, 1.807) is 0 Å². The standard InChI is InChI=1S/C15H24N2/c1-11-7-5-6-8-12(11)14-13(16)9-10-17(14)15(2,3)4/h5-8,13-14H,9-10,16H2,1-4H3. The van der Waals surface area contributed by atoms with Gasteiger partial charge in [-0.15, -0.1) is 0 Å². The quantitative estimate of drug-likeness (QED) is 0.806. The largest absolute Gasteiger partial charge is 0.326 e. The van der Waals surface area contributed by atoms with Crippen LogP contribution in [0.1, 0.15) is 44.4 Å². The Hall–Kier alpha value is -0.860. The minimum absolute atomic E-state index is 0.182. The fraction of sp³-hybridized carbons (Fsp3) is 0.600. The summed E-state index contributed by atoms with van der Waals surface area (Å²) >= 11 is 0. The van der Waals surface area contributed by atoms with Crippen LogP contribution in [0.5, 0.6) is 0 Å². The molecule has 0 spiro atoms. The second-order valence-corrected chi connectivity index (χ2v) is 6.12. The van der Waals surface area contributed by atoms with E-state index in [1.807, 2.05) is 0 Å².